The van der Waals surface area contributed by atoms with E-state index in [9.17, 15) is 0 Å². The molecule has 0 saturated heterocycles. The number of nitrogens with one attached hydrogen (secondary N) is 1. The van der Waals surface area contributed by atoms with Crippen LogP contribution in [0.3, 0.4) is 0 Å². The van der Waals surface area contributed by atoms with E-state index in [-0.39, 0.29) is 0 Å². The molecule has 0 aromatic heterocycles. The number of hydrogen-bond donors (Lipinski definition) is 2. The number of guanidine groups is 1. The van der Waals surface area contributed by atoms with Gasteiger partial charge >= 0.3 is 0 Å². The van der Waals surface area contributed by atoms with Crippen LogP contribution in [0, 0.1) is 0 Å². The van der Waals surface area contributed by atoms with E-state index in [2.05, 4.69) is 43.0 Å². The van der Waals surface area contributed by atoms with Gasteiger partial charge in [-0.2, -0.15) is 0 Å². The zero-order valence-corrected chi connectivity index (χ0v) is 9.17. The first-order chi connectivity index (χ1) is 6.17. The molecule has 0 aliphatic rings. The summed E-state index contributed by atoms with van der Waals surface area (Å²) < 4.78 is 0. The van der Waals surface area contributed by atoms with E-state index in [0.717, 1.165) is 25.5 Å². The second kappa shape index (κ2) is 6.71. The van der Waals surface area contributed by atoms with Gasteiger partial charge < -0.3 is 4.90 Å². The fourth-order valence-corrected chi connectivity index (χ4v) is 1.20. The third-order valence-electron chi connectivity index (χ3n) is 1.85. The average molecular weight is 186 g/mol. The van der Waals surface area contributed by atoms with Gasteiger partial charge in [0.2, 0.25) is 5.96 Å². The van der Waals surface area contributed by atoms with E-state index in [4.69, 9.17) is 5.84 Å². The molecule has 0 spiro atoms. The van der Waals surface area contributed by atoms with Crippen molar-refractivity contribution < 1.29 is 0 Å². The molecule has 4 nitrogen and oxygen atoms in total. The molecule has 0 aromatic carbocycles. The van der Waals surface area contributed by atoms with Crippen LogP contribution in [0.25, 0.3) is 0 Å². The van der Waals surface area contributed by atoms with Gasteiger partial charge in [-0.05, 0) is 27.2 Å². The summed E-state index contributed by atoms with van der Waals surface area (Å²) in [7, 11) is 0. The van der Waals surface area contributed by atoms with Crippen molar-refractivity contribution in [3.63, 3.8) is 0 Å². The fraction of sp³-hybridized carbons (Fsp3) is 0.889. The standard InChI is InChI=1S/C9H22N4/c1-5-7-11-9(12-10)13(6-2)8(3)4/h8H,5-7,10H2,1-4H3,(H,11,12). The van der Waals surface area contributed by atoms with Crippen molar-refractivity contribution in [1.29, 1.82) is 0 Å². The topological polar surface area (TPSA) is 53.6 Å². The monoisotopic (exact) mass is 186 g/mol. The number of hydrogen-bond acceptors (Lipinski definition) is 2. The van der Waals surface area contributed by atoms with Gasteiger partial charge in [0.25, 0.3) is 0 Å². The molecule has 0 aliphatic carbocycles. The van der Waals surface area contributed by atoms with Crippen LogP contribution in [0.2, 0.25) is 0 Å². The molecule has 0 aromatic rings. The zero-order chi connectivity index (χ0) is 10.3. The Kier molecular flexibility index (Phi) is 6.32. The van der Waals surface area contributed by atoms with Crippen LogP contribution < -0.4 is 11.3 Å². The molecule has 0 bridgehead atoms. The molecule has 0 radical (unpaired) electrons. The Morgan fingerprint density at radius 1 is 1.46 bits per heavy atom. The van der Waals surface area contributed by atoms with Crippen molar-refractivity contribution in [3.05, 3.63) is 0 Å². The molecule has 0 heterocycles. The summed E-state index contributed by atoms with van der Waals surface area (Å²) in [4.78, 5) is 6.49. The maximum absolute atomic E-state index is 5.41. The number of aliphatic imine (C=N–C) groups is 1. The number of nitrogens with two attached hydrogens (primary N) is 1. The maximum Gasteiger partial charge on any atom is 0.208 e. The Morgan fingerprint density at radius 3 is 2.38 bits per heavy atom. The van der Waals surface area contributed by atoms with Gasteiger partial charge in [0.1, 0.15) is 0 Å². The van der Waals surface area contributed by atoms with Crippen LogP contribution >= 0.6 is 0 Å². The molecule has 0 aliphatic heterocycles. The minimum absolute atomic E-state index is 0.427. The van der Waals surface area contributed by atoms with Gasteiger partial charge in [0.15, 0.2) is 0 Å². The van der Waals surface area contributed by atoms with E-state index in [1.165, 1.54) is 0 Å². The van der Waals surface area contributed by atoms with Gasteiger partial charge in [0.05, 0.1) is 0 Å². The Balaban J connectivity index is 4.33. The van der Waals surface area contributed by atoms with Crippen LogP contribution in [0.5, 0.6) is 0 Å². The number of hydrazine groups is 1. The van der Waals surface area contributed by atoms with Gasteiger partial charge in [-0.3, -0.25) is 10.4 Å². The molecule has 0 atom stereocenters. The second-order valence-electron chi connectivity index (χ2n) is 3.23. The van der Waals surface area contributed by atoms with E-state index >= 15 is 0 Å². The van der Waals surface area contributed by atoms with Gasteiger partial charge in [0, 0.05) is 19.1 Å². The molecule has 0 fully saturated rings. The average Bonchev–Trinajstić information content (AvgIpc) is 2.11. The van der Waals surface area contributed by atoms with Gasteiger partial charge in [-0.25, -0.2) is 5.84 Å². The predicted octanol–water partition coefficient (Wildman–Crippen LogP) is 0.946. The van der Waals surface area contributed by atoms with Crippen molar-refractivity contribution in [2.75, 3.05) is 13.1 Å². The van der Waals surface area contributed by atoms with Crippen LogP contribution in [-0.2, 0) is 0 Å². The SMILES string of the molecule is CCCN=C(NN)N(CC)C(C)C. The number of rotatable bonds is 4. The molecule has 78 valence electrons. The minimum atomic E-state index is 0.427. The van der Waals surface area contributed by atoms with Crippen molar-refractivity contribution in [1.82, 2.24) is 10.3 Å². The Labute approximate surface area is 81.2 Å². The molecule has 0 rings (SSSR count). The highest BCUT2D eigenvalue weighted by Crippen LogP contribution is 1.97. The Bertz CT molecular complexity index is 154. The normalized spacial score (nSPS) is 12.0. The minimum Gasteiger partial charge on any atom is -0.340 e. The number of nitrogens with zero attached hydrogens (tertiary/aromatic N) is 2. The molecule has 0 saturated carbocycles. The van der Waals surface area contributed by atoms with E-state index in [0.29, 0.717) is 6.04 Å². The van der Waals surface area contributed by atoms with Crippen molar-refractivity contribution in [2.45, 2.75) is 40.2 Å². The highest BCUT2D eigenvalue weighted by molar-refractivity contribution is 5.79. The third-order valence-corrected chi connectivity index (χ3v) is 1.85. The van der Waals surface area contributed by atoms with Crippen LogP contribution in [-0.4, -0.2) is 30.0 Å². The first kappa shape index (κ1) is 12.2. The Hall–Kier alpha value is -0.770. The summed E-state index contributed by atoms with van der Waals surface area (Å²) in [5, 5.41) is 0. The van der Waals surface area contributed by atoms with Crippen LogP contribution in [0.4, 0.5) is 0 Å². The summed E-state index contributed by atoms with van der Waals surface area (Å²) in [6.07, 6.45) is 1.04. The van der Waals surface area contributed by atoms with Gasteiger partial charge in [-0.15, -0.1) is 0 Å². The summed E-state index contributed by atoms with van der Waals surface area (Å²) in [5.74, 6) is 6.20. The lowest BCUT2D eigenvalue weighted by Gasteiger charge is -2.27. The first-order valence-corrected chi connectivity index (χ1v) is 4.95. The maximum atomic E-state index is 5.41. The lowest BCUT2D eigenvalue weighted by Crippen LogP contribution is -2.48. The van der Waals surface area contributed by atoms with Crippen LogP contribution in [0.1, 0.15) is 34.1 Å². The molecule has 0 unspecified atom stereocenters. The Morgan fingerprint density at radius 2 is 2.08 bits per heavy atom. The predicted molar refractivity (Wildman–Crippen MR) is 57.4 cm³/mol. The second-order valence-corrected chi connectivity index (χ2v) is 3.23. The summed E-state index contributed by atoms with van der Waals surface area (Å²) in [6, 6.07) is 0.427. The lowest BCUT2D eigenvalue weighted by atomic mass is 10.3. The molecule has 3 N–H and O–H groups in total. The smallest absolute Gasteiger partial charge is 0.208 e. The molecule has 0 amide bonds. The lowest BCUT2D eigenvalue weighted by molar-refractivity contribution is 0.353. The van der Waals surface area contributed by atoms with Gasteiger partial charge in [-0.1, -0.05) is 6.92 Å². The van der Waals surface area contributed by atoms with Crippen molar-refractivity contribution >= 4 is 5.96 Å². The summed E-state index contributed by atoms with van der Waals surface area (Å²) in [5.41, 5.74) is 2.65. The third kappa shape index (κ3) is 4.12. The van der Waals surface area contributed by atoms with Crippen LogP contribution in [0.15, 0.2) is 4.99 Å². The van der Waals surface area contributed by atoms with E-state index in [1.54, 1.807) is 0 Å². The fourth-order valence-electron chi connectivity index (χ4n) is 1.20. The van der Waals surface area contributed by atoms with Crippen molar-refractivity contribution in [3.8, 4) is 0 Å². The summed E-state index contributed by atoms with van der Waals surface area (Å²) >= 11 is 0. The highest BCUT2D eigenvalue weighted by atomic mass is 15.4. The van der Waals surface area contributed by atoms with E-state index < -0.39 is 0 Å². The quantitative estimate of drug-likeness (QED) is 0.297. The van der Waals surface area contributed by atoms with Crippen molar-refractivity contribution in [2.24, 2.45) is 10.8 Å². The summed E-state index contributed by atoms with van der Waals surface area (Å²) in [6.45, 7) is 10.2. The largest absolute Gasteiger partial charge is 0.340 e. The molecule has 13 heavy (non-hydrogen) atoms. The zero-order valence-electron chi connectivity index (χ0n) is 9.17. The molecular weight excluding hydrogens is 164 g/mol. The molecular formula is C9H22N4. The molecule has 4 heteroatoms. The first-order valence-electron chi connectivity index (χ1n) is 4.95. The van der Waals surface area contributed by atoms with E-state index in [1.807, 2.05) is 0 Å². The highest BCUT2D eigenvalue weighted by Gasteiger charge is 2.10.